The molecule has 172 valence electrons. The van der Waals surface area contributed by atoms with Crippen molar-refractivity contribution in [3.05, 3.63) is 24.0 Å². The Labute approximate surface area is 181 Å². The quantitative estimate of drug-likeness (QED) is 0.313. The minimum atomic E-state index is -0.325. The number of hydrogen-bond acceptors (Lipinski definition) is 6. The number of carbonyl (C=O) groups is 4. The number of methoxy groups -OCH3 is 1. The average Bonchev–Trinajstić information content (AvgIpc) is 3.24. The lowest BCUT2D eigenvalue weighted by molar-refractivity contribution is -0.140. The minimum absolute atomic E-state index is 0.0363. The van der Waals surface area contributed by atoms with E-state index in [-0.39, 0.29) is 42.8 Å². The van der Waals surface area contributed by atoms with Crippen molar-refractivity contribution in [3.63, 3.8) is 0 Å². The van der Waals surface area contributed by atoms with Crippen LogP contribution in [0.4, 0.5) is 0 Å². The van der Waals surface area contributed by atoms with Gasteiger partial charge in [0, 0.05) is 44.3 Å². The highest BCUT2D eigenvalue weighted by Gasteiger charge is 2.38. The number of ether oxygens (including phenoxy) is 1. The van der Waals surface area contributed by atoms with Crippen LogP contribution in [0, 0.1) is 5.92 Å². The molecule has 1 saturated carbocycles. The van der Waals surface area contributed by atoms with Gasteiger partial charge < -0.3 is 25.5 Å². The zero-order valence-electron chi connectivity index (χ0n) is 17.8. The molecule has 0 spiro atoms. The molecule has 0 unspecified atom stereocenters. The summed E-state index contributed by atoms with van der Waals surface area (Å²) in [5.41, 5.74) is 0.563. The van der Waals surface area contributed by atoms with E-state index < -0.39 is 0 Å². The van der Waals surface area contributed by atoms with Gasteiger partial charge in [-0.05, 0) is 43.7 Å². The van der Waals surface area contributed by atoms with E-state index in [4.69, 9.17) is 9.90 Å². The van der Waals surface area contributed by atoms with E-state index in [1.165, 1.54) is 20.0 Å². The molecule has 2 amide bonds. The number of carbonyl (C=O) groups excluding carboxylic acids is 3. The average molecular weight is 437 g/mol. The zero-order chi connectivity index (χ0) is 22.6. The predicted octanol–water partition coefficient (Wildman–Crippen LogP) is 0.758. The van der Waals surface area contributed by atoms with E-state index in [2.05, 4.69) is 25.3 Å². The molecule has 1 saturated heterocycles. The molecule has 2 heterocycles. The Morgan fingerprint density at radius 1 is 1.23 bits per heavy atom. The number of rotatable bonds is 10. The molecule has 4 N–H and O–H groups in total. The Morgan fingerprint density at radius 2 is 1.94 bits per heavy atom. The molecule has 2 aliphatic rings. The lowest BCUT2D eigenvalue weighted by atomic mass is 10.1. The molecule has 1 aliphatic carbocycles. The van der Waals surface area contributed by atoms with Gasteiger partial charge in [0.2, 0.25) is 5.91 Å². The van der Waals surface area contributed by atoms with Crippen molar-refractivity contribution in [1.29, 1.82) is 0 Å². The Kier molecular flexibility index (Phi) is 10.0. The molecule has 0 radical (unpaired) electrons. The molecule has 1 aliphatic heterocycles. The number of aromatic nitrogens is 1. The summed E-state index contributed by atoms with van der Waals surface area (Å²) in [6, 6.07) is 4.00. The number of nitrogens with one attached hydrogen (secondary N) is 3. The smallest absolute Gasteiger partial charge is 0.307 e. The number of hydrogen-bond donors (Lipinski definition) is 4. The summed E-state index contributed by atoms with van der Waals surface area (Å²) in [5.74, 6) is 0.255. The highest BCUT2D eigenvalue weighted by atomic mass is 16.5. The van der Waals surface area contributed by atoms with Crippen LogP contribution < -0.4 is 10.6 Å². The number of esters is 1. The largest absolute Gasteiger partial charge is 0.483 e. The van der Waals surface area contributed by atoms with Crippen molar-refractivity contribution in [2.75, 3.05) is 26.7 Å². The molecular weight excluding hydrogens is 404 g/mol. The molecule has 2 atom stereocenters. The number of amides is 2. The van der Waals surface area contributed by atoms with Gasteiger partial charge in [-0.1, -0.05) is 0 Å². The maximum absolute atomic E-state index is 12.3. The molecule has 2 fully saturated rings. The number of aromatic amines is 1. The molecule has 10 heteroatoms. The number of carboxylic acid groups (broad SMARTS) is 1. The van der Waals surface area contributed by atoms with Gasteiger partial charge in [-0.25, -0.2) is 0 Å². The highest BCUT2D eigenvalue weighted by molar-refractivity contribution is 5.92. The summed E-state index contributed by atoms with van der Waals surface area (Å²) in [6.07, 6.45) is 6.75. The fourth-order valence-corrected chi connectivity index (χ4v) is 3.82. The lowest BCUT2D eigenvalue weighted by Gasteiger charge is -2.30. The van der Waals surface area contributed by atoms with Crippen LogP contribution in [0.1, 0.15) is 49.0 Å². The monoisotopic (exact) mass is 436 g/mol. The third kappa shape index (κ3) is 8.41. The SMILES string of the molecule is COC(=O)CCNC(=O)C[C@H]1CC[C@@H](CNC(=O)c2ccc[nH]2)N1CC1CC1.O=CO. The van der Waals surface area contributed by atoms with Crippen LogP contribution in [0.15, 0.2) is 18.3 Å². The molecule has 0 aromatic carbocycles. The molecule has 1 aromatic rings. The molecule has 1 aromatic heterocycles. The van der Waals surface area contributed by atoms with Gasteiger partial charge >= 0.3 is 5.97 Å². The topological polar surface area (TPSA) is 141 Å². The van der Waals surface area contributed by atoms with Crippen molar-refractivity contribution in [1.82, 2.24) is 20.5 Å². The van der Waals surface area contributed by atoms with Crippen molar-refractivity contribution in [3.8, 4) is 0 Å². The maximum atomic E-state index is 12.3. The fraction of sp³-hybridized carbons (Fsp3) is 0.619. The molecule has 31 heavy (non-hydrogen) atoms. The fourth-order valence-electron chi connectivity index (χ4n) is 3.82. The van der Waals surface area contributed by atoms with Crippen molar-refractivity contribution >= 4 is 24.3 Å². The van der Waals surface area contributed by atoms with Crippen molar-refractivity contribution < 1.29 is 29.0 Å². The van der Waals surface area contributed by atoms with Crippen LogP contribution in [-0.4, -0.2) is 78.1 Å². The maximum Gasteiger partial charge on any atom is 0.307 e. The second-order valence-corrected chi connectivity index (χ2v) is 7.80. The van der Waals surface area contributed by atoms with E-state index in [1.807, 2.05) is 0 Å². The second kappa shape index (κ2) is 12.7. The third-order valence-electron chi connectivity index (χ3n) is 5.58. The number of nitrogens with zero attached hydrogens (tertiary/aromatic N) is 1. The summed E-state index contributed by atoms with van der Waals surface area (Å²) in [7, 11) is 1.34. The summed E-state index contributed by atoms with van der Waals surface area (Å²) < 4.78 is 4.59. The lowest BCUT2D eigenvalue weighted by Crippen LogP contribution is -2.45. The molecular formula is C21H32N4O6. The van der Waals surface area contributed by atoms with E-state index in [9.17, 15) is 14.4 Å². The van der Waals surface area contributed by atoms with Gasteiger partial charge in [0.05, 0.1) is 13.5 Å². The van der Waals surface area contributed by atoms with E-state index in [1.54, 1.807) is 18.3 Å². The van der Waals surface area contributed by atoms with E-state index in [0.29, 0.717) is 31.1 Å². The van der Waals surface area contributed by atoms with Crippen molar-refractivity contribution in [2.24, 2.45) is 5.92 Å². The first-order valence-corrected chi connectivity index (χ1v) is 10.6. The second-order valence-electron chi connectivity index (χ2n) is 7.80. The molecule has 0 bridgehead atoms. The molecule has 10 nitrogen and oxygen atoms in total. The molecule has 3 rings (SSSR count). The zero-order valence-corrected chi connectivity index (χ0v) is 17.8. The van der Waals surface area contributed by atoms with Crippen molar-refractivity contribution in [2.45, 2.75) is 50.6 Å². The number of H-pyrrole nitrogens is 1. The minimum Gasteiger partial charge on any atom is -0.483 e. The Bertz CT molecular complexity index is 719. The standard InChI is InChI=1S/C20H30N4O4.CH2O2/c1-28-19(26)8-10-22-18(25)11-15-6-7-16(24(15)13-14-4-5-14)12-23-20(27)17-3-2-9-21-17;2-1-3/h2-3,9,14-16,21H,4-8,10-13H2,1H3,(H,22,25)(H,23,27);1H,(H,2,3)/t15-,16+;/m1./s1. The summed E-state index contributed by atoms with van der Waals surface area (Å²) in [6.45, 7) is 1.63. The summed E-state index contributed by atoms with van der Waals surface area (Å²) in [5, 5.41) is 12.7. The van der Waals surface area contributed by atoms with Crippen LogP contribution in [0.25, 0.3) is 0 Å². The summed E-state index contributed by atoms with van der Waals surface area (Å²) in [4.78, 5) is 49.3. The normalized spacial score (nSPS) is 20.3. The summed E-state index contributed by atoms with van der Waals surface area (Å²) >= 11 is 0. The number of likely N-dealkylation sites (tertiary alicyclic amines) is 1. The van der Waals surface area contributed by atoms with Crippen LogP contribution >= 0.6 is 0 Å². The van der Waals surface area contributed by atoms with Gasteiger partial charge in [0.15, 0.2) is 0 Å². The Hall–Kier alpha value is -2.88. The van der Waals surface area contributed by atoms with Gasteiger partial charge in [0.25, 0.3) is 12.4 Å². The van der Waals surface area contributed by atoms with Crippen LogP contribution in [0.3, 0.4) is 0 Å². The van der Waals surface area contributed by atoms with Gasteiger partial charge in [0.1, 0.15) is 5.69 Å². The first-order valence-electron chi connectivity index (χ1n) is 10.6. The van der Waals surface area contributed by atoms with E-state index in [0.717, 1.165) is 19.4 Å². The third-order valence-corrected chi connectivity index (χ3v) is 5.58. The van der Waals surface area contributed by atoms with Crippen LogP contribution in [-0.2, 0) is 19.1 Å². The van der Waals surface area contributed by atoms with Crippen LogP contribution in [0.2, 0.25) is 0 Å². The highest BCUT2D eigenvalue weighted by Crippen LogP contribution is 2.35. The van der Waals surface area contributed by atoms with Gasteiger partial charge in [-0.2, -0.15) is 0 Å². The first-order chi connectivity index (χ1) is 15.0. The predicted molar refractivity (Wildman–Crippen MR) is 112 cm³/mol. The Morgan fingerprint density at radius 3 is 2.55 bits per heavy atom. The Balaban J connectivity index is 0.00000107. The van der Waals surface area contributed by atoms with Gasteiger partial charge in [-0.15, -0.1) is 0 Å². The van der Waals surface area contributed by atoms with Gasteiger partial charge in [-0.3, -0.25) is 24.1 Å². The van der Waals surface area contributed by atoms with Crippen LogP contribution in [0.5, 0.6) is 0 Å². The van der Waals surface area contributed by atoms with E-state index >= 15 is 0 Å². The first kappa shape index (κ1) is 24.4.